The summed E-state index contributed by atoms with van der Waals surface area (Å²) in [5.41, 5.74) is 0.769. The zero-order valence-electron chi connectivity index (χ0n) is 38.4. The first-order valence-electron chi connectivity index (χ1n) is 20.6. The van der Waals surface area contributed by atoms with Crippen LogP contribution in [0.25, 0.3) is 0 Å². The van der Waals surface area contributed by atoms with E-state index in [0.29, 0.717) is 45.5 Å². The van der Waals surface area contributed by atoms with Crippen LogP contribution in [0, 0.1) is 0 Å². The summed E-state index contributed by atoms with van der Waals surface area (Å²) in [6.45, 7) is 21.5. The molecule has 0 aliphatic heterocycles. The lowest BCUT2D eigenvalue weighted by atomic mass is 10.1. The highest BCUT2D eigenvalue weighted by molar-refractivity contribution is 9.10. The topological polar surface area (TPSA) is 118 Å². The molecule has 0 saturated carbocycles. The third-order valence-electron chi connectivity index (χ3n) is 8.57. The third kappa shape index (κ3) is 13.6. The van der Waals surface area contributed by atoms with Crippen LogP contribution in [-0.2, 0) is 18.9 Å². The SMILES string of the molecule is CC(C)(C)OC(=O)N(c1ccc(Br)cc1)c1ccc(N(C(=O)OC(C)(C)C)c2ccc(N(C(=O)OC(C)(C)C)c3ccc(N(C(=O)OC(C)(C)C)c4ccc(Br)cc4)cc3)cc2)cc1. The Hall–Kier alpha value is -5.86. The van der Waals surface area contributed by atoms with Crippen molar-refractivity contribution in [2.24, 2.45) is 0 Å². The molecular formula is C50H56Br2N4O8. The number of carbonyl (C=O) groups excluding carboxylic acids is 4. The number of anilines is 8. The van der Waals surface area contributed by atoms with E-state index in [0.717, 1.165) is 8.95 Å². The number of amides is 4. The second kappa shape index (κ2) is 19.5. The highest BCUT2D eigenvalue weighted by Crippen LogP contribution is 2.37. The van der Waals surface area contributed by atoms with Crippen LogP contribution < -0.4 is 19.6 Å². The standard InChI is InChI=1S/C50H56Br2N4O8/c1-47(2,3)61-43(57)53(35-17-13-33(51)14-18-35)37-21-25-39(26-22-37)55(45(59)63-49(7,8)9)41-29-31-42(32-30-41)56(46(60)64-50(10,11)12)40-27-23-38(24-28-40)54(44(58)62-48(4,5)6)36-19-15-34(52)16-20-36/h13-32H,1-12H3. The summed E-state index contributed by atoms with van der Waals surface area (Å²) in [4.78, 5) is 61.0. The molecule has 0 heterocycles. The molecule has 0 bridgehead atoms. The molecule has 0 fully saturated rings. The third-order valence-corrected chi connectivity index (χ3v) is 9.63. The summed E-state index contributed by atoms with van der Waals surface area (Å²) >= 11 is 6.92. The smallest absolute Gasteiger partial charge is 0.419 e. The average Bonchev–Trinajstić information content (AvgIpc) is 3.16. The van der Waals surface area contributed by atoms with Crippen LogP contribution in [-0.4, -0.2) is 46.8 Å². The van der Waals surface area contributed by atoms with Crippen molar-refractivity contribution in [1.82, 2.24) is 0 Å². The molecule has 0 radical (unpaired) electrons. The first-order chi connectivity index (χ1) is 29.7. The molecule has 5 aromatic rings. The minimum absolute atomic E-state index is 0.435. The Morgan fingerprint density at radius 1 is 0.297 bits per heavy atom. The van der Waals surface area contributed by atoms with Crippen LogP contribution in [0.4, 0.5) is 64.7 Å². The van der Waals surface area contributed by atoms with Crippen molar-refractivity contribution in [2.75, 3.05) is 19.6 Å². The van der Waals surface area contributed by atoms with Crippen LogP contribution >= 0.6 is 31.9 Å². The van der Waals surface area contributed by atoms with Crippen molar-refractivity contribution in [1.29, 1.82) is 0 Å². The summed E-state index contributed by atoms with van der Waals surface area (Å²) in [6, 6.07) is 35.1. The van der Waals surface area contributed by atoms with Gasteiger partial charge in [0.25, 0.3) is 0 Å². The molecule has 338 valence electrons. The van der Waals surface area contributed by atoms with Gasteiger partial charge in [-0.25, -0.2) is 38.8 Å². The lowest BCUT2D eigenvalue weighted by Crippen LogP contribution is -2.35. The first-order valence-corrected chi connectivity index (χ1v) is 22.2. The summed E-state index contributed by atoms with van der Waals surface area (Å²) in [5.74, 6) is 0. The van der Waals surface area contributed by atoms with Crippen LogP contribution in [0.15, 0.2) is 130 Å². The van der Waals surface area contributed by atoms with Gasteiger partial charge < -0.3 is 18.9 Å². The second-order valence-corrected chi connectivity index (χ2v) is 20.6. The van der Waals surface area contributed by atoms with E-state index in [2.05, 4.69) is 31.9 Å². The predicted molar refractivity (Wildman–Crippen MR) is 261 cm³/mol. The molecule has 0 aromatic heterocycles. The predicted octanol–water partition coefficient (Wildman–Crippen LogP) is 15.5. The molecule has 14 heteroatoms. The molecule has 0 unspecified atom stereocenters. The van der Waals surface area contributed by atoms with Gasteiger partial charge in [-0.2, -0.15) is 0 Å². The van der Waals surface area contributed by atoms with Gasteiger partial charge in [-0.1, -0.05) is 31.9 Å². The van der Waals surface area contributed by atoms with Gasteiger partial charge in [0.1, 0.15) is 22.4 Å². The van der Waals surface area contributed by atoms with Gasteiger partial charge in [0.15, 0.2) is 0 Å². The fraction of sp³-hybridized carbons (Fsp3) is 0.320. The van der Waals surface area contributed by atoms with Crippen LogP contribution in [0.2, 0.25) is 0 Å². The first kappa shape index (κ1) is 49.2. The summed E-state index contributed by atoms with van der Waals surface area (Å²) in [7, 11) is 0. The molecule has 0 atom stereocenters. The maximum atomic E-state index is 14.0. The monoisotopic (exact) mass is 998 g/mol. The fourth-order valence-electron chi connectivity index (χ4n) is 6.10. The maximum absolute atomic E-state index is 14.0. The Kier molecular flexibility index (Phi) is 15.0. The Morgan fingerprint density at radius 3 is 0.547 bits per heavy atom. The molecule has 0 saturated heterocycles. The number of hydrogen-bond acceptors (Lipinski definition) is 8. The summed E-state index contributed by atoms with van der Waals surface area (Å²) in [6.07, 6.45) is -2.44. The Morgan fingerprint density at radius 2 is 0.422 bits per heavy atom. The lowest BCUT2D eigenvalue weighted by Gasteiger charge is -2.30. The molecule has 0 N–H and O–H groups in total. The van der Waals surface area contributed by atoms with E-state index >= 15 is 0 Å². The van der Waals surface area contributed by atoms with Crippen molar-refractivity contribution >= 4 is 102 Å². The van der Waals surface area contributed by atoms with E-state index in [1.54, 1.807) is 180 Å². The van der Waals surface area contributed by atoms with Gasteiger partial charge in [0.2, 0.25) is 0 Å². The summed E-state index contributed by atoms with van der Waals surface area (Å²) < 4.78 is 25.0. The van der Waals surface area contributed by atoms with Gasteiger partial charge in [-0.05, 0) is 204 Å². The van der Waals surface area contributed by atoms with Crippen LogP contribution in [0.1, 0.15) is 83.1 Å². The van der Waals surface area contributed by atoms with Gasteiger partial charge in [0, 0.05) is 8.95 Å². The molecule has 0 aliphatic carbocycles. The van der Waals surface area contributed by atoms with Crippen LogP contribution in [0.3, 0.4) is 0 Å². The number of halogens is 2. The van der Waals surface area contributed by atoms with Crippen molar-refractivity contribution < 1.29 is 38.1 Å². The number of nitrogens with zero attached hydrogens (tertiary/aromatic N) is 4. The Bertz CT molecular complexity index is 2240. The minimum Gasteiger partial charge on any atom is -0.443 e. The number of benzene rings is 5. The highest BCUT2D eigenvalue weighted by atomic mass is 79.9. The van der Waals surface area contributed by atoms with Crippen molar-refractivity contribution in [3.63, 3.8) is 0 Å². The normalized spacial score (nSPS) is 11.8. The molecule has 5 aromatic carbocycles. The molecule has 0 spiro atoms. The molecule has 4 amide bonds. The van der Waals surface area contributed by atoms with E-state index in [9.17, 15) is 19.2 Å². The molecule has 12 nitrogen and oxygen atoms in total. The maximum Gasteiger partial charge on any atom is 0.419 e. The summed E-state index contributed by atoms with van der Waals surface area (Å²) in [5, 5.41) is 0. The van der Waals surface area contributed by atoms with Gasteiger partial charge in [-0.3, -0.25) is 0 Å². The molecule has 64 heavy (non-hydrogen) atoms. The van der Waals surface area contributed by atoms with Gasteiger partial charge >= 0.3 is 24.4 Å². The Balaban J connectivity index is 1.54. The quantitative estimate of drug-likeness (QED) is 0.141. The van der Waals surface area contributed by atoms with E-state index < -0.39 is 46.8 Å². The molecule has 0 aliphatic rings. The zero-order chi connectivity index (χ0) is 47.4. The van der Waals surface area contributed by atoms with Gasteiger partial charge in [0.05, 0.1) is 45.5 Å². The Labute approximate surface area is 393 Å². The largest absolute Gasteiger partial charge is 0.443 e. The van der Waals surface area contributed by atoms with E-state index in [4.69, 9.17) is 18.9 Å². The lowest BCUT2D eigenvalue weighted by molar-refractivity contribution is 0.0586. The number of rotatable bonds is 8. The highest BCUT2D eigenvalue weighted by Gasteiger charge is 2.31. The minimum atomic E-state index is -0.833. The van der Waals surface area contributed by atoms with Crippen molar-refractivity contribution in [3.05, 3.63) is 130 Å². The van der Waals surface area contributed by atoms with Crippen molar-refractivity contribution in [3.8, 4) is 0 Å². The second-order valence-electron chi connectivity index (χ2n) is 18.8. The van der Waals surface area contributed by atoms with Gasteiger partial charge in [-0.15, -0.1) is 0 Å². The van der Waals surface area contributed by atoms with E-state index in [1.165, 1.54) is 19.6 Å². The van der Waals surface area contributed by atoms with E-state index in [1.807, 2.05) is 24.3 Å². The van der Waals surface area contributed by atoms with E-state index in [-0.39, 0.29) is 0 Å². The number of carbonyl (C=O) groups is 4. The molecular weight excluding hydrogens is 944 g/mol. The molecule has 5 rings (SSSR count). The number of hydrogen-bond donors (Lipinski definition) is 0. The average molecular weight is 1000 g/mol. The van der Waals surface area contributed by atoms with Crippen LogP contribution in [0.5, 0.6) is 0 Å². The number of ether oxygens (including phenoxy) is 4. The zero-order valence-corrected chi connectivity index (χ0v) is 41.5. The van der Waals surface area contributed by atoms with Crippen molar-refractivity contribution in [2.45, 2.75) is 105 Å². The fourth-order valence-corrected chi connectivity index (χ4v) is 6.63.